The molecule has 40 heavy (non-hydrogen) atoms. The van der Waals surface area contributed by atoms with Crippen molar-refractivity contribution in [3.05, 3.63) is 80.7 Å². The number of carboxylic acids is 1. The Morgan fingerprint density at radius 1 is 1.27 bits per heavy atom. The number of aromatic nitrogens is 1. The third kappa shape index (κ3) is 6.39. The SMILES string of the molecule is O=C(O)CCc1cnc([C@@H]2CCCN2OCC(=O)Cc2cc(Cl)c(NC(=O)c3coc4ccccc34)cc2F)s1. The van der Waals surface area contributed by atoms with Gasteiger partial charge in [0.05, 0.1) is 28.7 Å². The number of rotatable bonds is 11. The Morgan fingerprint density at radius 2 is 2.10 bits per heavy atom. The van der Waals surface area contributed by atoms with Crippen molar-refractivity contribution in [2.45, 2.75) is 38.1 Å². The number of halogens is 2. The minimum absolute atomic E-state index is 0.0382. The molecular formula is C28H25ClFN3O6S. The molecule has 9 nitrogen and oxygen atoms in total. The first-order valence-corrected chi connectivity index (χ1v) is 13.8. The van der Waals surface area contributed by atoms with Crippen LogP contribution in [0.1, 0.15) is 51.1 Å². The van der Waals surface area contributed by atoms with E-state index in [1.54, 1.807) is 35.5 Å². The van der Waals surface area contributed by atoms with E-state index >= 15 is 0 Å². The Kier molecular flexibility index (Phi) is 8.55. The molecule has 4 aromatic rings. The summed E-state index contributed by atoms with van der Waals surface area (Å²) in [5, 5.41) is 14.7. The van der Waals surface area contributed by atoms with Crippen LogP contribution in [0.15, 0.2) is 53.3 Å². The van der Waals surface area contributed by atoms with Gasteiger partial charge in [-0.3, -0.25) is 19.2 Å². The molecule has 0 bridgehead atoms. The maximum absolute atomic E-state index is 14.9. The highest BCUT2D eigenvalue weighted by atomic mass is 35.5. The van der Waals surface area contributed by atoms with Crippen molar-refractivity contribution in [3.8, 4) is 0 Å². The maximum atomic E-state index is 14.9. The molecule has 3 heterocycles. The van der Waals surface area contributed by atoms with Crippen LogP contribution in [0.5, 0.6) is 0 Å². The summed E-state index contributed by atoms with van der Waals surface area (Å²) in [7, 11) is 0. The zero-order chi connectivity index (χ0) is 28.2. The van der Waals surface area contributed by atoms with E-state index in [4.69, 9.17) is 26.0 Å². The largest absolute Gasteiger partial charge is 0.481 e. The molecule has 0 spiro atoms. The van der Waals surface area contributed by atoms with E-state index in [1.165, 1.54) is 23.7 Å². The molecule has 0 unspecified atom stereocenters. The van der Waals surface area contributed by atoms with Gasteiger partial charge in [0.25, 0.3) is 5.91 Å². The summed E-state index contributed by atoms with van der Waals surface area (Å²) >= 11 is 7.76. The van der Waals surface area contributed by atoms with Crippen LogP contribution in [0, 0.1) is 5.82 Å². The van der Waals surface area contributed by atoms with Gasteiger partial charge in [0.2, 0.25) is 0 Å². The molecule has 1 atom stereocenters. The Bertz CT molecular complexity index is 1570. The summed E-state index contributed by atoms with van der Waals surface area (Å²) in [4.78, 5) is 47.3. The first-order chi connectivity index (χ1) is 19.3. The van der Waals surface area contributed by atoms with Crippen LogP contribution in [-0.4, -0.2) is 46.0 Å². The van der Waals surface area contributed by atoms with Gasteiger partial charge in [-0.15, -0.1) is 11.3 Å². The zero-order valence-corrected chi connectivity index (χ0v) is 22.8. The number of carboxylic acid groups (broad SMARTS) is 1. The summed E-state index contributed by atoms with van der Waals surface area (Å²) < 4.78 is 20.3. The van der Waals surface area contributed by atoms with Gasteiger partial charge < -0.3 is 14.8 Å². The summed E-state index contributed by atoms with van der Waals surface area (Å²) in [5.74, 6) is -2.39. The quantitative estimate of drug-likeness (QED) is 0.225. The number of thiazole rings is 1. The average molecular weight is 586 g/mol. The van der Waals surface area contributed by atoms with Crippen LogP contribution in [0.3, 0.4) is 0 Å². The summed E-state index contributed by atoms with van der Waals surface area (Å²) in [6.45, 7) is 0.360. The Labute approximate surface area is 237 Å². The maximum Gasteiger partial charge on any atom is 0.303 e. The van der Waals surface area contributed by atoms with E-state index in [0.29, 0.717) is 23.9 Å². The number of hydrogen-bond donors (Lipinski definition) is 2. The number of nitrogens with one attached hydrogen (secondary N) is 1. The van der Waals surface area contributed by atoms with Crippen LogP contribution in [0.25, 0.3) is 11.0 Å². The predicted octanol–water partition coefficient (Wildman–Crippen LogP) is 5.83. The molecule has 5 rings (SSSR count). The van der Waals surface area contributed by atoms with Gasteiger partial charge in [-0.2, -0.15) is 5.06 Å². The van der Waals surface area contributed by atoms with Gasteiger partial charge in [0, 0.05) is 29.4 Å². The highest BCUT2D eigenvalue weighted by molar-refractivity contribution is 7.11. The molecule has 2 aromatic carbocycles. The van der Waals surface area contributed by atoms with Crippen molar-refractivity contribution in [1.29, 1.82) is 0 Å². The van der Waals surface area contributed by atoms with E-state index < -0.39 is 17.7 Å². The number of benzene rings is 2. The number of hydroxylamine groups is 2. The third-order valence-electron chi connectivity index (χ3n) is 6.53. The molecule has 1 aliphatic rings. The number of furan rings is 1. The smallest absolute Gasteiger partial charge is 0.303 e. The topological polar surface area (TPSA) is 122 Å². The van der Waals surface area contributed by atoms with Gasteiger partial charge in [0.15, 0.2) is 5.78 Å². The van der Waals surface area contributed by atoms with Gasteiger partial charge in [0.1, 0.15) is 29.3 Å². The van der Waals surface area contributed by atoms with Gasteiger partial charge >= 0.3 is 5.97 Å². The second-order valence-corrected chi connectivity index (χ2v) is 10.9. The lowest BCUT2D eigenvalue weighted by atomic mass is 10.1. The van der Waals surface area contributed by atoms with E-state index in [-0.39, 0.29) is 53.1 Å². The van der Waals surface area contributed by atoms with E-state index in [2.05, 4.69) is 10.3 Å². The van der Waals surface area contributed by atoms with Gasteiger partial charge in [-0.25, -0.2) is 9.37 Å². The van der Waals surface area contributed by atoms with Crippen LogP contribution in [-0.2, 0) is 27.3 Å². The molecule has 208 valence electrons. The first-order valence-electron chi connectivity index (χ1n) is 12.6. The molecular weight excluding hydrogens is 561 g/mol. The Hall–Kier alpha value is -3.64. The molecule has 1 aliphatic heterocycles. The number of aryl methyl sites for hydroxylation is 1. The van der Waals surface area contributed by atoms with Crippen LogP contribution < -0.4 is 5.32 Å². The third-order valence-corrected chi connectivity index (χ3v) is 8.01. The van der Waals surface area contributed by atoms with Crippen molar-refractivity contribution < 1.29 is 33.1 Å². The fraction of sp³-hybridized carbons (Fsp3) is 0.286. The number of nitrogens with zero attached hydrogens (tertiary/aromatic N) is 2. The van der Waals surface area contributed by atoms with Crippen molar-refractivity contribution in [2.75, 3.05) is 18.5 Å². The van der Waals surface area contributed by atoms with E-state index in [0.717, 1.165) is 28.8 Å². The normalized spacial score (nSPS) is 15.5. The van der Waals surface area contributed by atoms with Crippen molar-refractivity contribution in [3.63, 3.8) is 0 Å². The van der Waals surface area contributed by atoms with Crippen molar-refractivity contribution >= 4 is 57.3 Å². The summed E-state index contributed by atoms with van der Waals surface area (Å²) in [6, 6.07) is 9.33. The molecule has 1 fully saturated rings. The molecule has 0 aliphatic carbocycles. The fourth-order valence-corrected chi connectivity index (χ4v) is 5.83. The second-order valence-electron chi connectivity index (χ2n) is 9.37. The molecule has 2 aromatic heterocycles. The Morgan fingerprint density at radius 3 is 2.92 bits per heavy atom. The number of fused-ring (bicyclic) bond motifs is 1. The van der Waals surface area contributed by atoms with Crippen LogP contribution in [0.4, 0.5) is 10.1 Å². The first kappa shape index (κ1) is 27.9. The van der Waals surface area contributed by atoms with Crippen molar-refractivity contribution in [2.24, 2.45) is 0 Å². The number of anilines is 1. The molecule has 1 saturated heterocycles. The van der Waals surface area contributed by atoms with Crippen molar-refractivity contribution in [1.82, 2.24) is 10.0 Å². The highest BCUT2D eigenvalue weighted by Crippen LogP contribution is 2.35. The number of carbonyl (C=O) groups is 3. The minimum Gasteiger partial charge on any atom is -0.481 e. The Balaban J connectivity index is 1.17. The lowest BCUT2D eigenvalue weighted by Gasteiger charge is -2.21. The van der Waals surface area contributed by atoms with Gasteiger partial charge in [-0.1, -0.05) is 29.8 Å². The minimum atomic E-state index is -0.862. The number of carbonyl (C=O) groups excluding carboxylic acids is 2. The fourth-order valence-electron chi connectivity index (χ4n) is 4.54. The number of ketones is 1. The number of para-hydroxylation sites is 1. The van der Waals surface area contributed by atoms with E-state index in [1.807, 2.05) is 0 Å². The molecule has 0 saturated carbocycles. The van der Waals surface area contributed by atoms with Crippen LogP contribution in [0.2, 0.25) is 5.02 Å². The summed E-state index contributed by atoms with van der Waals surface area (Å²) in [6.07, 6.45) is 4.88. The monoisotopic (exact) mass is 585 g/mol. The molecule has 2 N–H and O–H groups in total. The molecule has 12 heteroatoms. The number of Topliss-reactive ketones (excluding diaryl/α,β-unsaturated/α-hetero) is 1. The molecule has 1 amide bonds. The lowest BCUT2D eigenvalue weighted by molar-refractivity contribution is -0.176. The predicted molar refractivity (Wildman–Crippen MR) is 147 cm³/mol. The zero-order valence-electron chi connectivity index (χ0n) is 21.2. The van der Waals surface area contributed by atoms with E-state index in [9.17, 15) is 18.8 Å². The lowest BCUT2D eigenvalue weighted by Crippen LogP contribution is -2.27. The number of hydrogen-bond acceptors (Lipinski definition) is 8. The average Bonchev–Trinajstić information content (AvgIpc) is 3.68. The van der Waals surface area contributed by atoms with Crippen LogP contribution >= 0.6 is 22.9 Å². The standard InChI is InChI=1S/C28H25ClFN3O6S/c29-21-11-16(22(30)12-23(21)32-27(37)20-15-38-25-6-2-1-4-19(20)25)10-17(34)14-39-33-9-3-5-24(33)28-31-13-18(40-28)7-8-26(35)36/h1-2,4,6,11-13,15,24H,3,5,7-10,14H2,(H,32,37)(H,35,36)/t24-/m0/s1. The summed E-state index contributed by atoms with van der Waals surface area (Å²) in [5.41, 5.74) is 1.01. The highest BCUT2D eigenvalue weighted by Gasteiger charge is 2.30. The van der Waals surface area contributed by atoms with Gasteiger partial charge in [-0.05, 0) is 43.0 Å². The number of aliphatic carboxylic acids is 1. The second kappa shape index (κ2) is 12.3. The number of amides is 1. The molecule has 0 radical (unpaired) electrons.